The van der Waals surface area contributed by atoms with Crippen molar-refractivity contribution in [3.05, 3.63) is 12.4 Å². The van der Waals surface area contributed by atoms with Gasteiger partial charge in [-0.05, 0) is 6.92 Å². The molecular weight excluding hydrogens is 200 g/mol. The normalized spacial score (nSPS) is 9.40. The average Bonchev–Trinajstić information content (AvgIpc) is 2.68. The van der Waals surface area contributed by atoms with Gasteiger partial charge in [-0.3, -0.25) is 10.1 Å². The van der Waals surface area contributed by atoms with E-state index in [1.165, 1.54) is 6.20 Å². The molecule has 0 unspecified atom stereocenters. The smallest absolute Gasteiger partial charge is 0.325 e. The molecule has 0 atom stereocenters. The molecule has 1 heterocycles. The molecule has 0 aliphatic heterocycles. The van der Waals surface area contributed by atoms with Gasteiger partial charge in [-0.25, -0.2) is 9.78 Å². The van der Waals surface area contributed by atoms with Crippen molar-refractivity contribution < 1.29 is 14.3 Å². The second-order valence-electron chi connectivity index (χ2n) is 2.55. The van der Waals surface area contributed by atoms with E-state index < -0.39 is 12.0 Å². The molecule has 0 aromatic carbocycles. The molecular formula is C8H12N4O3. The van der Waals surface area contributed by atoms with Crippen molar-refractivity contribution in [2.24, 2.45) is 0 Å². The van der Waals surface area contributed by atoms with E-state index >= 15 is 0 Å². The minimum absolute atomic E-state index is 0.166. The first-order valence-corrected chi connectivity index (χ1v) is 4.42. The van der Waals surface area contributed by atoms with Crippen molar-refractivity contribution in [1.82, 2.24) is 15.3 Å². The number of rotatable bonds is 4. The summed E-state index contributed by atoms with van der Waals surface area (Å²) in [5.74, 6) is -0.163. The van der Waals surface area contributed by atoms with Crippen LogP contribution in [0.4, 0.5) is 10.7 Å². The Kier molecular flexibility index (Phi) is 4.14. The maximum Gasteiger partial charge on any atom is 0.325 e. The molecule has 0 fully saturated rings. The van der Waals surface area contributed by atoms with E-state index in [1.807, 2.05) is 0 Å². The molecule has 82 valence electrons. The maximum absolute atomic E-state index is 11.1. The zero-order chi connectivity index (χ0) is 11.1. The van der Waals surface area contributed by atoms with Crippen molar-refractivity contribution in [3.8, 4) is 0 Å². The van der Waals surface area contributed by atoms with Gasteiger partial charge in [0.1, 0.15) is 6.54 Å². The van der Waals surface area contributed by atoms with Crippen molar-refractivity contribution >= 4 is 17.9 Å². The summed E-state index contributed by atoms with van der Waals surface area (Å²) >= 11 is 0. The number of hydrogen-bond acceptors (Lipinski definition) is 4. The van der Waals surface area contributed by atoms with Crippen molar-refractivity contribution in [3.63, 3.8) is 0 Å². The van der Waals surface area contributed by atoms with E-state index in [2.05, 4.69) is 25.3 Å². The predicted molar refractivity (Wildman–Crippen MR) is 52.2 cm³/mol. The first kappa shape index (κ1) is 11.0. The summed E-state index contributed by atoms with van der Waals surface area (Å²) in [7, 11) is 0. The quantitative estimate of drug-likeness (QED) is 0.616. The highest BCUT2D eigenvalue weighted by Gasteiger charge is 2.06. The van der Waals surface area contributed by atoms with Crippen molar-refractivity contribution in [2.75, 3.05) is 18.5 Å². The summed E-state index contributed by atoms with van der Waals surface area (Å²) in [6.45, 7) is 1.82. The van der Waals surface area contributed by atoms with E-state index in [0.29, 0.717) is 12.6 Å². The van der Waals surface area contributed by atoms with E-state index in [4.69, 9.17) is 0 Å². The van der Waals surface area contributed by atoms with Gasteiger partial charge in [-0.2, -0.15) is 0 Å². The molecule has 1 aromatic heterocycles. The minimum atomic E-state index is -0.516. The van der Waals surface area contributed by atoms with Crippen molar-refractivity contribution in [1.29, 1.82) is 0 Å². The second-order valence-corrected chi connectivity index (χ2v) is 2.55. The Morgan fingerprint density at radius 1 is 1.60 bits per heavy atom. The first-order chi connectivity index (χ1) is 7.22. The number of anilines is 1. The Balaban J connectivity index is 2.22. The number of amides is 2. The molecule has 0 saturated heterocycles. The molecule has 1 rings (SSSR count). The topological polar surface area (TPSA) is 96.1 Å². The largest absolute Gasteiger partial charge is 0.465 e. The van der Waals surface area contributed by atoms with Gasteiger partial charge in [0.25, 0.3) is 0 Å². The zero-order valence-electron chi connectivity index (χ0n) is 8.24. The third-order valence-corrected chi connectivity index (χ3v) is 1.43. The number of urea groups is 1. The van der Waals surface area contributed by atoms with Gasteiger partial charge in [0.2, 0.25) is 5.95 Å². The van der Waals surface area contributed by atoms with Crippen LogP contribution in [0.1, 0.15) is 6.92 Å². The number of H-pyrrole nitrogens is 1. The van der Waals surface area contributed by atoms with E-state index in [-0.39, 0.29) is 6.54 Å². The Labute approximate surface area is 86.2 Å². The van der Waals surface area contributed by atoms with Crippen LogP contribution in [0, 0.1) is 0 Å². The third-order valence-electron chi connectivity index (χ3n) is 1.43. The summed E-state index contributed by atoms with van der Waals surface area (Å²) in [4.78, 5) is 28.4. The number of carbonyl (C=O) groups excluding carboxylic acids is 2. The molecule has 7 nitrogen and oxygen atoms in total. The predicted octanol–water partition coefficient (Wildman–Crippen LogP) is 0.0943. The molecule has 2 amide bonds. The number of aromatic amines is 1. The molecule has 0 aliphatic rings. The molecule has 1 aromatic rings. The first-order valence-electron chi connectivity index (χ1n) is 4.42. The molecule has 7 heteroatoms. The van der Waals surface area contributed by atoms with Crippen LogP contribution in [-0.2, 0) is 9.53 Å². The van der Waals surface area contributed by atoms with Crippen LogP contribution < -0.4 is 10.6 Å². The maximum atomic E-state index is 11.1. The number of imidazole rings is 1. The number of aromatic nitrogens is 2. The van der Waals surface area contributed by atoms with Crippen LogP contribution in [-0.4, -0.2) is 35.1 Å². The average molecular weight is 212 g/mol. The fraction of sp³-hybridized carbons (Fsp3) is 0.375. The highest BCUT2D eigenvalue weighted by molar-refractivity contribution is 5.89. The van der Waals surface area contributed by atoms with Crippen LogP contribution >= 0.6 is 0 Å². The Bertz CT molecular complexity index is 323. The lowest BCUT2D eigenvalue weighted by Crippen LogP contribution is -2.34. The molecule has 0 saturated carbocycles. The van der Waals surface area contributed by atoms with Gasteiger partial charge in [-0.1, -0.05) is 0 Å². The summed E-state index contributed by atoms with van der Waals surface area (Å²) in [6, 6.07) is -0.516. The third kappa shape index (κ3) is 4.12. The van der Waals surface area contributed by atoms with Gasteiger partial charge in [0.05, 0.1) is 6.61 Å². The number of carbonyl (C=O) groups is 2. The molecule has 0 aliphatic carbocycles. The standard InChI is InChI=1S/C8H12N4O3/c1-2-15-6(13)5-11-8(14)12-7-9-3-4-10-7/h3-4H,2,5H2,1H3,(H3,9,10,11,12,14). The summed E-state index contributed by atoms with van der Waals surface area (Å²) in [5, 5.41) is 4.72. The second kappa shape index (κ2) is 5.63. The van der Waals surface area contributed by atoms with Crippen LogP contribution in [0.15, 0.2) is 12.4 Å². The highest BCUT2D eigenvalue weighted by atomic mass is 16.5. The number of nitrogens with one attached hydrogen (secondary N) is 3. The van der Waals surface area contributed by atoms with Crippen LogP contribution in [0.3, 0.4) is 0 Å². The number of ether oxygens (including phenoxy) is 1. The summed E-state index contributed by atoms with van der Waals surface area (Å²) in [6.07, 6.45) is 3.07. The lowest BCUT2D eigenvalue weighted by Gasteiger charge is -2.04. The van der Waals surface area contributed by atoms with Crippen LogP contribution in [0.2, 0.25) is 0 Å². The molecule has 3 N–H and O–H groups in total. The lowest BCUT2D eigenvalue weighted by molar-refractivity contribution is -0.141. The zero-order valence-corrected chi connectivity index (χ0v) is 8.24. The fourth-order valence-corrected chi connectivity index (χ4v) is 0.850. The van der Waals surface area contributed by atoms with E-state index in [0.717, 1.165) is 0 Å². The SMILES string of the molecule is CCOC(=O)CNC(=O)Nc1ncc[nH]1. The van der Waals surface area contributed by atoms with Gasteiger partial charge in [-0.15, -0.1) is 0 Å². The van der Waals surface area contributed by atoms with E-state index in [1.54, 1.807) is 13.1 Å². The number of hydrogen-bond donors (Lipinski definition) is 3. The molecule has 0 radical (unpaired) electrons. The Morgan fingerprint density at radius 3 is 3.00 bits per heavy atom. The lowest BCUT2D eigenvalue weighted by atomic mass is 10.6. The monoisotopic (exact) mass is 212 g/mol. The van der Waals surface area contributed by atoms with Gasteiger partial charge in [0, 0.05) is 12.4 Å². The fourth-order valence-electron chi connectivity index (χ4n) is 0.850. The van der Waals surface area contributed by atoms with Gasteiger partial charge < -0.3 is 15.0 Å². The Hall–Kier alpha value is -2.05. The van der Waals surface area contributed by atoms with E-state index in [9.17, 15) is 9.59 Å². The molecule has 15 heavy (non-hydrogen) atoms. The summed E-state index contributed by atoms with van der Waals surface area (Å²) in [5.41, 5.74) is 0. The van der Waals surface area contributed by atoms with Gasteiger partial charge in [0.15, 0.2) is 0 Å². The molecule has 0 bridgehead atoms. The van der Waals surface area contributed by atoms with Gasteiger partial charge >= 0.3 is 12.0 Å². The molecule has 0 spiro atoms. The Morgan fingerprint density at radius 2 is 2.40 bits per heavy atom. The van der Waals surface area contributed by atoms with Crippen molar-refractivity contribution in [2.45, 2.75) is 6.92 Å². The van der Waals surface area contributed by atoms with Crippen LogP contribution in [0.5, 0.6) is 0 Å². The number of nitrogens with zero attached hydrogens (tertiary/aromatic N) is 1. The summed E-state index contributed by atoms with van der Waals surface area (Å²) < 4.78 is 4.62. The van der Waals surface area contributed by atoms with Crippen LogP contribution in [0.25, 0.3) is 0 Å². The number of esters is 1. The highest BCUT2D eigenvalue weighted by Crippen LogP contribution is 1.93. The minimum Gasteiger partial charge on any atom is -0.465 e.